The number of thioether (sulfide) groups is 1. The lowest BCUT2D eigenvalue weighted by Gasteiger charge is -2.15. The maximum atomic E-state index is 12.6. The van der Waals surface area contributed by atoms with Crippen molar-refractivity contribution in [3.63, 3.8) is 0 Å². The quantitative estimate of drug-likeness (QED) is 0.433. The number of hydrogen-bond acceptors (Lipinski definition) is 5. The summed E-state index contributed by atoms with van der Waals surface area (Å²) < 4.78 is 1.91. The Balaban J connectivity index is 1.64. The summed E-state index contributed by atoms with van der Waals surface area (Å²) in [5, 5.41) is 15.7. The van der Waals surface area contributed by atoms with Crippen molar-refractivity contribution in [3.8, 4) is 0 Å². The van der Waals surface area contributed by atoms with E-state index in [9.17, 15) is 9.59 Å². The van der Waals surface area contributed by atoms with Crippen LogP contribution in [0.2, 0.25) is 5.02 Å². The van der Waals surface area contributed by atoms with Crippen molar-refractivity contribution in [3.05, 3.63) is 69.5 Å². The Hall–Kier alpha value is -2.84. The van der Waals surface area contributed by atoms with Gasteiger partial charge in [0, 0.05) is 22.8 Å². The van der Waals surface area contributed by atoms with Gasteiger partial charge in [-0.05, 0) is 70.0 Å². The number of rotatable bonds is 8. The van der Waals surface area contributed by atoms with Crippen LogP contribution in [0, 0.1) is 20.8 Å². The third-order valence-electron chi connectivity index (χ3n) is 5.18. The molecule has 1 atom stereocenters. The third-order valence-corrected chi connectivity index (χ3v) is 6.40. The minimum absolute atomic E-state index is 0.105. The predicted molar refractivity (Wildman–Crippen MR) is 133 cm³/mol. The summed E-state index contributed by atoms with van der Waals surface area (Å²) in [6.45, 7) is 10.5. The molecule has 0 aliphatic heterocycles. The largest absolute Gasteiger partial charge is 0.342 e. The molecular weight excluding hydrogens is 458 g/mol. The van der Waals surface area contributed by atoms with Gasteiger partial charge < -0.3 is 15.2 Å². The Kier molecular flexibility index (Phi) is 8.15. The molecule has 0 aliphatic carbocycles. The van der Waals surface area contributed by atoms with Crippen molar-refractivity contribution in [1.82, 2.24) is 20.1 Å². The fourth-order valence-electron chi connectivity index (χ4n) is 3.65. The molecule has 0 bridgehead atoms. The van der Waals surface area contributed by atoms with Gasteiger partial charge in [-0.25, -0.2) is 0 Å². The van der Waals surface area contributed by atoms with E-state index in [0.717, 1.165) is 16.8 Å². The van der Waals surface area contributed by atoms with E-state index in [1.54, 1.807) is 24.3 Å². The first-order valence-corrected chi connectivity index (χ1v) is 12.1. The normalized spacial score (nSPS) is 11.8. The zero-order valence-electron chi connectivity index (χ0n) is 19.4. The van der Waals surface area contributed by atoms with Crippen LogP contribution < -0.4 is 10.6 Å². The van der Waals surface area contributed by atoms with Crippen molar-refractivity contribution < 1.29 is 9.59 Å². The Morgan fingerprint density at radius 1 is 1.09 bits per heavy atom. The van der Waals surface area contributed by atoms with E-state index in [4.69, 9.17) is 11.6 Å². The Labute approximate surface area is 203 Å². The molecule has 0 saturated heterocycles. The molecule has 33 heavy (non-hydrogen) atoms. The number of aromatic nitrogens is 3. The molecule has 2 aromatic carbocycles. The summed E-state index contributed by atoms with van der Waals surface area (Å²) in [5.41, 5.74) is 4.60. The van der Waals surface area contributed by atoms with Gasteiger partial charge in [0.1, 0.15) is 0 Å². The zero-order chi connectivity index (χ0) is 24.1. The van der Waals surface area contributed by atoms with Gasteiger partial charge in [0.05, 0.1) is 11.8 Å². The number of aryl methyl sites for hydroxylation is 3. The van der Waals surface area contributed by atoms with Crippen LogP contribution >= 0.6 is 23.4 Å². The highest BCUT2D eigenvalue weighted by Crippen LogP contribution is 2.24. The SMILES string of the molecule is CCn1c(SCC(=O)Nc2c(C)cc(C)cc2C)nnc1[C@@H](C)NC(=O)c1ccc(Cl)cc1. The molecule has 2 N–H and O–H groups in total. The van der Waals surface area contributed by atoms with Crippen molar-refractivity contribution in [2.45, 2.75) is 52.4 Å². The molecule has 0 unspecified atom stereocenters. The molecule has 1 heterocycles. The zero-order valence-corrected chi connectivity index (χ0v) is 21.0. The number of nitrogens with one attached hydrogen (secondary N) is 2. The summed E-state index contributed by atoms with van der Waals surface area (Å²) in [5.74, 6) is 0.512. The van der Waals surface area contributed by atoms with Crippen LogP contribution in [-0.4, -0.2) is 32.3 Å². The summed E-state index contributed by atoms with van der Waals surface area (Å²) in [7, 11) is 0. The van der Waals surface area contributed by atoms with Gasteiger partial charge in [-0.1, -0.05) is 41.1 Å². The van der Waals surface area contributed by atoms with E-state index in [1.165, 1.54) is 17.3 Å². The van der Waals surface area contributed by atoms with E-state index in [-0.39, 0.29) is 23.6 Å². The van der Waals surface area contributed by atoms with Gasteiger partial charge in [-0.2, -0.15) is 0 Å². The number of amides is 2. The summed E-state index contributed by atoms with van der Waals surface area (Å²) in [4.78, 5) is 25.1. The van der Waals surface area contributed by atoms with Gasteiger partial charge in [-0.3, -0.25) is 9.59 Å². The molecule has 1 aromatic heterocycles. The van der Waals surface area contributed by atoms with Crippen molar-refractivity contribution in [2.75, 3.05) is 11.1 Å². The maximum absolute atomic E-state index is 12.6. The third kappa shape index (κ3) is 6.15. The fourth-order valence-corrected chi connectivity index (χ4v) is 4.59. The molecule has 174 valence electrons. The number of hydrogen-bond donors (Lipinski definition) is 2. The Morgan fingerprint density at radius 3 is 2.33 bits per heavy atom. The van der Waals surface area contributed by atoms with E-state index in [0.29, 0.717) is 28.1 Å². The van der Waals surface area contributed by atoms with E-state index >= 15 is 0 Å². The number of benzene rings is 2. The van der Waals surface area contributed by atoms with Crippen LogP contribution in [0.3, 0.4) is 0 Å². The average Bonchev–Trinajstić information content (AvgIpc) is 3.18. The van der Waals surface area contributed by atoms with Crippen LogP contribution in [0.15, 0.2) is 41.6 Å². The molecule has 2 amide bonds. The predicted octanol–water partition coefficient (Wildman–Crippen LogP) is 5.10. The van der Waals surface area contributed by atoms with Crippen LogP contribution in [-0.2, 0) is 11.3 Å². The standard InChI is InChI=1S/C24H28ClN5O2S/c1-6-30-22(17(5)26-23(32)18-7-9-19(25)10-8-18)28-29-24(30)33-13-20(31)27-21-15(3)11-14(2)12-16(21)4/h7-12,17H,6,13H2,1-5H3,(H,26,32)(H,27,31)/t17-/m1/s1. The molecule has 9 heteroatoms. The van der Waals surface area contributed by atoms with Gasteiger partial charge in [0.15, 0.2) is 11.0 Å². The highest BCUT2D eigenvalue weighted by Gasteiger charge is 2.20. The van der Waals surface area contributed by atoms with Crippen LogP contribution in [0.5, 0.6) is 0 Å². The number of carbonyl (C=O) groups is 2. The smallest absolute Gasteiger partial charge is 0.251 e. The Morgan fingerprint density at radius 2 is 1.73 bits per heavy atom. The maximum Gasteiger partial charge on any atom is 0.251 e. The summed E-state index contributed by atoms with van der Waals surface area (Å²) >= 11 is 7.21. The first kappa shape index (κ1) is 24.8. The highest BCUT2D eigenvalue weighted by atomic mass is 35.5. The number of nitrogens with zero attached hydrogens (tertiary/aromatic N) is 3. The van der Waals surface area contributed by atoms with Crippen molar-refractivity contribution >= 4 is 40.9 Å². The second-order valence-electron chi connectivity index (χ2n) is 7.90. The molecule has 0 fully saturated rings. The van der Waals surface area contributed by atoms with Gasteiger partial charge in [0.25, 0.3) is 5.91 Å². The highest BCUT2D eigenvalue weighted by molar-refractivity contribution is 7.99. The van der Waals surface area contributed by atoms with Crippen LogP contribution in [0.4, 0.5) is 5.69 Å². The molecule has 3 rings (SSSR count). The first-order valence-electron chi connectivity index (χ1n) is 10.7. The average molecular weight is 486 g/mol. The Bertz CT molecular complexity index is 1140. The summed E-state index contributed by atoms with van der Waals surface area (Å²) in [6, 6.07) is 10.4. The van der Waals surface area contributed by atoms with E-state index in [2.05, 4.69) is 33.0 Å². The second kappa shape index (κ2) is 10.9. The summed E-state index contributed by atoms with van der Waals surface area (Å²) in [6.07, 6.45) is 0. The van der Waals surface area contributed by atoms with Gasteiger partial charge >= 0.3 is 0 Å². The van der Waals surface area contributed by atoms with Crippen molar-refractivity contribution in [2.24, 2.45) is 0 Å². The van der Waals surface area contributed by atoms with E-state index < -0.39 is 0 Å². The lowest BCUT2D eigenvalue weighted by Crippen LogP contribution is -2.28. The minimum Gasteiger partial charge on any atom is -0.342 e. The molecule has 0 radical (unpaired) electrons. The van der Waals surface area contributed by atoms with Crippen molar-refractivity contribution in [1.29, 1.82) is 0 Å². The second-order valence-corrected chi connectivity index (χ2v) is 9.28. The lowest BCUT2D eigenvalue weighted by molar-refractivity contribution is -0.113. The minimum atomic E-state index is -0.360. The first-order chi connectivity index (χ1) is 15.7. The fraction of sp³-hybridized carbons (Fsp3) is 0.333. The molecule has 7 nitrogen and oxygen atoms in total. The van der Waals surface area contributed by atoms with Crippen LogP contribution in [0.25, 0.3) is 0 Å². The number of halogens is 1. The lowest BCUT2D eigenvalue weighted by atomic mass is 10.1. The molecule has 0 saturated carbocycles. The van der Waals surface area contributed by atoms with E-state index in [1.807, 2.05) is 39.2 Å². The van der Waals surface area contributed by atoms with Gasteiger partial charge in [0.2, 0.25) is 5.91 Å². The van der Waals surface area contributed by atoms with Gasteiger partial charge in [-0.15, -0.1) is 10.2 Å². The van der Waals surface area contributed by atoms with Crippen LogP contribution in [0.1, 0.15) is 52.8 Å². The molecular formula is C24H28ClN5O2S. The molecule has 0 aliphatic rings. The monoisotopic (exact) mass is 485 g/mol. The number of carbonyl (C=O) groups excluding carboxylic acids is 2. The topological polar surface area (TPSA) is 88.9 Å². The molecule has 3 aromatic rings. The molecule has 0 spiro atoms. The number of anilines is 1.